The third-order valence-corrected chi connectivity index (χ3v) is 2.32. The van der Waals surface area contributed by atoms with Crippen LogP contribution in [0.3, 0.4) is 0 Å². The fraction of sp³-hybridized carbons (Fsp3) is 0.667. The van der Waals surface area contributed by atoms with Gasteiger partial charge < -0.3 is 21.1 Å². The molecule has 0 aromatic rings. The van der Waals surface area contributed by atoms with Crippen LogP contribution < -0.4 is 16.0 Å². The number of carbonyl (C=O) groups is 3. The van der Waals surface area contributed by atoms with Crippen molar-refractivity contribution in [3.63, 3.8) is 0 Å². The molecule has 3 amide bonds. The summed E-state index contributed by atoms with van der Waals surface area (Å²) in [5.74, 6) is -1.12. The van der Waals surface area contributed by atoms with Gasteiger partial charge in [-0.3, -0.25) is 9.59 Å². The van der Waals surface area contributed by atoms with E-state index in [2.05, 4.69) is 16.0 Å². The highest BCUT2D eigenvalue weighted by Crippen LogP contribution is 2.02. The third kappa shape index (κ3) is 3.76. The Morgan fingerprint density at radius 3 is 2.75 bits per heavy atom. The van der Waals surface area contributed by atoms with E-state index >= 15 is 0 Å². The fourth-order valence-corrected chi connectivity index (χ4v) is 1.34. The Bertz CT molecular complexity index is 295. The van der Waals surface area contributed by atoms with Gasteiger partial charge in [-0.25, -0.2) is 4.79 Å². The second kappa shape index (κ2) is 5.34. The number of urea groups is 1. The number of carboxylic acid groups (broad SMARTS) is 1. The van der Waals surface area contributed by atoms with Crippen molar-refractivity contribution in [2.45, 2.75) is 31.8 Å². The molecule has 0 saturated carbocycles. The largest absolute Gasteiger partial charge is 0.480 e. The highest BCUT2D eigenvalue weighted by molar-refractivity contribution is 5.82. The number of nitrogens with one attached hydrogen (secondary N) is 3. The van der Waals surface area contributed by atoms with E-state index in [0.717, 1.165) is 0 Å². The molecule has 0 spiro atoms. The molecule has 16 heavy (non-hydrogen) atoms. The van der Waals surface area contributed by atoms with E-state index in [1.165, 1.54) is 6.92 Å². The molecule has 0 aliphatic carbocycles. The van der Waals surface area contributed by atoms with Gasteiger partial charge in [0.05, 0.1) is 0 Å². The second-order valence-corrected chi connectivity index (χ2v) is 3.72. The predicted octanol–water partition coefficient (Wildman–Crippen LogP) is -0.963. The standard InChI is InChI=1S/C9H15N3O4/c1-5(8(14)15)11-9(16)12-6-2-3-7(13)10-4-6/h5-6H,2-4H2,1H3,(H,10,13)(H,14,15)(H2,11,12,16). The molecule has 7 heteroatoms. The molecule has 0 aromatic carbocycles. The number of amides is 3. The lowest BCUT2D eigenvalue weighted by Gasteiger charge is -2.24. The summed E-state index contributed by atoms with van der Waals surface area (Å²) in [7, 11) is 0. The van der Waals surface area contributed by atoms with Crippen LogP contribution in [0.1, 0.15) is 19.8 Å². The molecular weight excluding hydrogens is 214 g/mol. The van der Waals surface area contributed by atoms with Crippen LogP contribution in [-0.4, -0.2) is 41.6 Å². The monoisotopic (exact) mass is 229 g/mol. The number of carbonyl (C=O) groups excluding carboxylic acids is 2. The van der Waals surface area contributed by atoms with Crippen molar-refractivity contribution < 1.29 is 19.5 Å². The van der Waals surface area contributed by atoms with Gasteiger partial charge in [0.1, 0.15) is 6.04 Å². The number of piperidine rings is 1. The van der Waals surface area contributed by atoms with Gasteiger partial charge in [-0.05, 0) is 13.3 Å². The van der Waals surface area contributed by atoms with Crippen LogP contribution in [-0.2, 0) is 9.59 Å². The van der Waals surface area contributed by atoms with Gasteiger partial charge in [-0.1, -0.05) is 0 Å². The Morgan fingerprint density at radius 1 is 1.56 bits per heavy atom. The van der Waals surface area contributed by atoms with Gasteiger partial charge in [0.15, 0.2) is 0 Å². The van der Waals surface area contributed by atoms with Crippen LogP contribution in [0.2, 0.25) is 0 Å². The molecule has 7 nitrogen and oxygen atoms in total. The number of carboxylic acids is 1. The molecule has 1 rings (SSSR count). The predicted molar refractivity (Wildman–Crippen MR) is 54.8 cm³/mol. The van der Waals surface area contributed by atoms with Gasteiger partial charge in [0, 0.05) is 19.0 Å². The van der Waals surface area contributed by atoms with Crippen molar-refractivity contribution in [1.82, 2.24) is 16.0 Å². The number of aliphatic carboxylic acids is 1. The molecule has 4 N–H and O–H groups in total. The Balaban J connectivity index is 2.29. The van der Waals surface area contributed by atoms with E-state index < -0.39 is 18.0 Å². The molecular formula is C9H15N3O4. The minimum Gasteiger partial charge on any atom is -0.480 e. The first-order valence-electron chi connectivity index (χ1n) is 5.05. The van der Waals surface area contributed by atoms with Crippen LogP contribution in [0, 0.1) is 0 Å². The van der Waals surface area contributed by atoms with Crippen molar-refractivity contribution in [1.29, 1.82) is 0 Å². The summed E-state index contributed by atoms with van der Waals surface area (Å²) in [6.07, 6.45) is 0.945. The van der Waals surface area contributed by atoms with Gasteiger partial charge in [0.2, 0.25) is 5.91 Å². The zero-order valence-electron chi connectivity index (χ0n) is 8.95. The van der Waals surface area contributed by atoms with Gasteiger partial charge in [0.25, 0.3) is 0 Å². The molecule has 2 atom stereocenters. The lowest BCUT2D eigenvalue weighted by molar-refractivity contribution is -0.138. The molecule has 0 aromatic heterocycles. The number of rotatable bonds is 3. The molecule has 1 aliphatic heterocycles. The first kappa shape index (κ1) is 12.3. The molecule has 1 fully saturated rings. The Morgan fingerprint density at radius 2 is 2.25 bits per heavy atom. The summed E-state index contributed by atoms with van der Waals surface area (Å²) in [5, 5.41) is 16.1. The summed E-state index contributed by atoms with van der Waals surface area (Å²) in [6.45, 7) is 1.76. The van der Waals surface area contributed by atoms with Crippen molar-refractivity contribution >= 4 is 17.9 Å². The van der Waals surface area contributed by atoms with E-state index in [-0.39, 0.29) is 11.9 Å². The smallest absolute Gasteiger partial charge is 0.325 e. The van der Waals surface area contributed by atoms with Crippen molar-refractivity contribution in [2.75, 3.05) is 6.54 Å². The first-order valence-corrected chi connectivity index (χ1v) is 5.05. The van der Waals surface area contributed by atoms with Crippen molar-refractivity contribution in [3.05, 3.63) is 0 Å². The van der Waals surface area contributed by atoms with Crippen LogP contribution >= 0.6 is 0 Å². The van der Waals surface area contributed by atoms with E-state index in [0.29, 0.717) is 19.4 Å². The molecule has 1 heterocycles. The number of hydrogen-bond donors (Lipinski definition) is 4. The topological polar surface area (TPSA) is 108 Å². The minimum absolute atomic E-state index is 0.0302. The van der Waals surface area contributed by atoms with E-state index in [9.17, 15) is 14.4 Å². The second-order valence-electron chi connectivity index (χ2n) is 3.72. The van der Waals surface area contributed by atoms with Gasteiger partial charge in [-0.15, -0.1) is 0 Å². The lowest BCUT2D eigenvalue weighted by Crippen LogP contribution is -2.53. The Kier molecular flexibility index (Phi) is 4.10. The fourth-order valence-electron chi connectivity index (χ4n) is 1.34. The molecule has 90 valence electrons. The van der Waals surface area contributed by atoms with E-state index in [4.69, 9.17) is 5.11 Å². The SMILES string of the molecule is CC(NC(=O)NC1CCC(=O)NC1)C(=O)O. The summed E-state index contributed by atoms with van der Waals surface area (Å²) < 4.78 is 0. The molecule has 1 aliphatic rings. The summed E-state index contributed by atoms with van der Waals surface area (Å²) in [6, 6.07) is -1.60. The van der Waals surface area contributed by atoms with Crippen LogP contribution in [0.25, 0.3) is 0 Å². The van der Waals surface area contributed by atoms with Crippen molar-refractivity contribution in [3.8, 4) is 0 Å². The zero-order valence-corrected chi connectivity index (χ0v) is 8.95. The highest BCUT2D eigenvalue weighted by Gasteiger charge is 2.21. The van der Waals surface area contributed by atoms with Crippen LogP contribution in [0.15, 0.2) is 0 Å². The average molecular weight is 229 g/mol. The van der Waals surface area contributed by atoms with Crippen LogP contribution in [0.5, 0.6) is 0 Å². The molecule has 0 radical (unpaired) electrons. The maximum atomic E-state index is 11.3. The average Bonchev–Trinajstić information content (AvgIpc) is 2.21. The third-order valence-electron chi connectivity index (χ3n) is 2.32. The Labute approximate surface area is 92.6 Å². The quantitative estimate of drug-likeness (QED) is 0.499. The van der Waals surface area contributed by atoms with Gasteiger partial charge >= 0.3 is 12.0 Å². The lowest BCUT2D eigenvalue weighted by atomic mass is 10.1. The molecule has 1 saturated heterocycles. The summed E-state index contributed by atoms with van der Waals surface area (Å²) >= 11 is 0. The number of hydrogen-bond acceptors (Lipinski definition) is 3. The maximum Gasteiger partial charge on any atom is 0.325 e. The maximum absolute atomic E-state index is 11.3. The van der Waals surface area contributed by atoms with Crippen LogP contribution in [0.4, 0.5) is 4.79 Å². The van der Waals surface area contributed by atoms with E-state index in [1.54, 1.807) is 0 Å². The van der Waals surface area contributed by atoms with Crippen molar-refractivity contribution in [2.24, 2.45) is 0 Å². The zero-order chi connectivity index (χ0) is 12.1. The van der Waals surface area contributed by atoms with Gasteiger partial charge in [-0.2, -0.15) is 0 Å². The minimum atomic E-state index is -1.09. The molecule has 2 unspecified atom stereocenters. The highest BCUT2D eigenvalue weighted by atomic mass is 16.4. The normalized spacial score (nSPS) is 21.8. The molecule has 0 bridgehead atoms. The summed E-state index contributed by atoms with van der Waals surface area (Å²) in [4.78, 5) is 32.6. The Hall–Kier alpha value is -1.79. The van der Waals surface area contributed by atoms with E-state index in [1.807, 2.05) is 0 Å². The first-order chi connectivity index (χ1) is 7.49. The summed E-state index contributed by atoms with van der Waals surface area (Å²) in [5.41, 5.74) is 0.